The molecule has 0 unspecified atom stereocenters. The monoisotopic (exact) mass is 287 g/mol. The van der Waals surface area contributed by atoms with Crippen molar-refractivity contribution in [1.82, 2.24) is 5.32 Å². The molecule has 0 spiro atoms. The van der Waals surface area contributed by atoms with Crippen LogP contribution < -0.4 is 14.8 Å². The van der Waals surface area contributed by atoms with Crippen LogP contribution in [0.15, 0.2) is 12.1 Å². The highest BCUT2D eigenvalue weighted by atomic mass is 19.3. The number of hydrogen-bond acceptors (Lipinski definition) is 4. The number of benzene rings is 1. The molecule has 0 aromatic heterocycles. The van der Waals surface area contributed by atoms with Crippen LogP contribution in [0.5, 0.6) is 11.5 Å². The lowest BCUT2D eigenvalue weighted by Crippen LogP contribution is -2.10. The summed E-state index contributed by atoms with van der Waals surface area (Å²) in [6.07, 6.45) is 1.02. The topological polar surface area (TPSA) is 39.7 Å². The molecule has 0 radical (unpaired) electrons. The summed E-state index contributed by atoms with van der Waals surface area (Å²) in [6, 6.07) is 3.58. The summed E-state index contributed by atoms with van der Waals surface area (Å²) in [5.74, 6) is 1.59. The molecule has 1 aliphatic heterocycles. The van der Waals surface area contributed by atoms with Gasteiger partial charge in [0.25, 0.3) is 0 Å². The lowest BCUT2D eigenvalue weighted by molar-refractivity contribution is -0.137. The average Bonchev–Trinajstić information content (AvgIpc) is 2.98. The van der Waals surface area contributed by atoms with Gasteiger partial charge >= 0.3 is 6.61 Å². The summed E-state index contributed by atoms with van der Waals surface area (Å²) in [5, 5.41) is 3.29. The van der Waals surface area contributed by atoms with E-state index in [2.05, 4.69) is 10.1 Å². The summed E-state index contributed by atoms with van der Waals surface area (Å²) >= 11 is 0. The largest absolute Gasteiger partial charge is 0.496 e. The van der Waals surface area contributed by atoms with Crippen LogP contribution in [0.25, 0.3) is 0 Å². The van der Waals surface area contributed by atoms with E-state index < -0.39 is 6.61 Å². The molecule has 20 heavy (non-hydrogen) atoms. The van der Waals surface area contributed by atoms with E-state index in [1.165, 1.54) is 7.11 Å². The number of hydrogen-bond donors (Lipinski definition) is 1. The van der Waals surface area contributed by atoms with Gasteiger partial charge in [-0.05, 0) is 25.1 Å². The van der Waals surface area contributed by atoms with Gasteiger partial charge in [-0.15, -0.1) is 0 Å². The second-order valence-corrected chi connectivity index (χ2v) is 4.67. The number of nitrogens with one attached hydrogen (secondary N) is 1. The van der Waals surface area contributed by atoms with Crippen LogP contribution in [-0.2, 0) is 11.3 Å². The quantitative estimate of drug-likeness (QED) is 0.872. The molecule has 0 amide bonds. The highest BCUT2D eigenvalue weighted by molar-refractivity contribution is 5.48. The standard InChI is InChI=1S/C14H19F2NO3/c1-18-12-6-11(9-3-4-17-7-9)13(19-2)5-10(12)8-20-14(15)16/h5-6,9,14,17H,3-4,7-8H2,1-2H3/t9-/m0/s1. The first-order valence-electron chi connectivity index (χ1n) is 6.51. The zero-order chi connectivity index (χ0) is 14.5. The molecule has 1 aromatic carbocycles. The molecule has 1 fully saturated rings. The van der Waals surface area contributed by atoms with Crippen molar-refractivity contribution in [3.05, 3.63) is 23.3 Å². The van der Waals surface area contributed by atoms with Gasteiger partial charge in [-0.3, -0.25) is 0 Å². The second-order valence-electron chi connectivity index (χ2n) is 4.67. The molecular formula is C14H19F2NO3. The van der Waals surface area contributed by atoms with Gasteiger partial charge in [0, 0.05) is 23.6 Å². The van der Waals surface area contributed by atoms with Crippen molar-refractivity contribution in [3.8, 4) is 11.5 Å². The Kier molecular flexibility index (Phi) is 5.14. The van der Waals surface area contributed by atoms with E-state index in [1.807, 2.05) is 6.07 Å². The van der Waals surface area contributed by atoms with Crippen LogP contribution in [0.3, 0.4) is 0 Å². The Balaban J connectivity index is 2.29. The highest BCUT2D eigenvalue weighted by Gasteiger charge is 2.22. The molecule has 1 heterocycles. The fraction of sp³-hybridized carbons (Fsp3) is 0.571. The Morgan fingerprint density at radius 3 is 2.55 bits per heavy atom. The van der Waals surface area contributed by atoms with E-state index in [1.54, 1.807) is 13.2 Å². The van der Waals surface area contributed by atoms with E-state index in [9.17, 15) is 8.78 Å². The average molecular weight is 287 g/mol. The molecule has 1 atom stereocenters. The van der Waals surface area contributed by atoms with Crippen LogP contribution >= 0.6 is 0 Å². The van der Waals surface area contributed by atoms with Gasteiger partial charge in [0.1, 0.15) is 11.5 Å². The number of alkyl halides is 2. The third kappa shape index (κ3) is 3.37. The predicted octanol–water partition coefficient (Wildman–Crippen LogP) is 2.52. The highest BCUT2D eigenvalue weighted by Crippen LogP contribution is 2.36. The molecule has 6 heteroatoms. The minimum Gasteiger partial charge on any atom is -0.496 e. The van der Waals surface area contributed by atoms with Crippen molar-refractivity contribution in [2.75, 3.05) is 27.3 Å². The summed E-state index contributed by atoms with van der Waals surface area (Å²) < 4.78 is 39.3. The first kappa shape index (κ1) is 15.0. The van der Waals surface area contributed by atoms with Gasteiger partial charge in [0.2, 0.25) is 0 Å². The molecule has 1 aromatic rings. The third-order valence-corrected chi connectivity index (χ3v) is 3.50. The van der Waals surface area contributed by atoms with Gasteiger partial charge in [-0.2, -0.15) is 8.78 Å². The number of rotatable bonds is 6. The maximum Gasteiger partial charge on any atom is 0.345 e. The fourth-order valence-corrected chi connectivity index (χ4v) is 2.49. The Bertz CT molecular complexity index is 448. The Labute approximate surface area is 117 Å². The van der Waals surface area contributed by atoms with Gasteiger partial charge < -0.3 is 19.5 Å². The van der Waals surface area contributed by atoms with Crippen molar-refractivity contribution in [2.45, 2.75) is 25.6 Å². The van der Waals surface area contributed by atoms with Crippen LogP contribution in [-0.4, -0.2) is 33.9 Å². The Hall–Kier alpha value is -1.40. The van der Waals surface area contributed by atoms with Crippen molar-refractivity contribution in [1.29, 1.82) is 0 Å². The van der Waals surface area contributed by atoms with Crippen LogP contribution in [0.1, 0.15) is 23.5 Å². The molecule has 4 nitrogen and oxygen atoms in total. The molecule has 112 valence electrons. The lowest BCUT2D eigenvalue weighted by atomic mass is 9.95. The molecule has 0 aliphatic carbocycles. The van der Waals surface area contributed by atoms with Gasteiger partial charge in [0.15, 0.2) is 0 Å². The minimum absolute atomic E-state index is 0.208. The SMILES string of the molecule is COc1cc([C@H]2CCNC2)c(OC)cc1COC(F)F. The number of ether oxygens (including phenoxy) is 3. The minimum atomic E-state index is -2.80. The second kappa shape index (κ2) is 6.85. The molecular weight excluding hydrogens is 268 g/mol. The Morgan fingerprint density at radius 1 is 1.25 bits per heavy atom. The first-order chi connectivity index (χ1) is 9.65. The molecule has 0 saturated carbocycles. The van der Waals surface area contributed by atoms with Crippen LogP contribution in [0, 0.1) is 0 Å². The Morgan fingerprint density at radius 2 is 2.00 bits per heavy atom. The van der Waals surface area contributed by atoms with Gasteiger partial charge in [-0.1, -0.05) is 0 Å². The zero-order valence-corrected chi connectivity index (χ0v) is 11.6. The number of halogens is 2. The smallest absolute Gasteiger partial charge is 0.345 e. The zero-order valence-electron chi connectivity index (χ0n) is 11.6. The summed E-state index contributed by atoms with van der Waals surface area (Å²) in [6.45, 7) is -1.16. The van der Waals surface area contributed by atoms with E-state index in [0.717, 1.165) is 25.1 Å². The molecule has 0 bridgehead atoms. The predicted molar refractivity (Wildman–Crippen MR) is 70.6 cm³/mol. The van der Waals surface area contributed by atoms with Crippen LogP contribution in [0.4, 0.5) is 8.78 Å². The van der Waals surface area contributed by atoms with E-state index in [4.69, 9.17) is 9.47 Å². The first-order valence-corrected chi connectivity index (χ1v) is 6.51. The van der Waals surface area contributed by atoms with Crippen molar-refractivity contribution in [2.24, 2.45) is 0 Å². The third-order valence-electron chi connectivity index (χ3n) is 3.50. The summed E-state index contributed by atoms with van der Waals surface area (Å²) in [7, 11) is 3.09. The summed E-state index contributed by atoms with van der Waals surface area (Å²) in [5.41, 5.74) is 1.59. The van der Waals surface area contributed by atoms with E-state index in [0.29, 0.717) is 23.0 Å². The molecule has 1 saturated heterocycles. The molecule has 2 rings (SSSR count). The van der Waals surface area contributed by atoms with Crippen molar-refractivity contribution in [3.63, 3.8) is 0 Å². The fourth-order valence-electron chi connectivity index (χ4n) is 2.49. The van der Waals surface area contributed by atoms with Crippen LogP contribution in [0.2, 0.25) is 0 Å². The number of methoxy groups -OCH3 is 2. The summed E-state index contributed by atoms with van der Waals surface area (Å²) in [4.78, 5) is 0. The van der Waals surface area contributed by atoms with Crippen molar-refractivity contribution >= 4 is 0 Å². The molecule has 1 aliphatic rings. The van der Waals surface area contributed by atoms with Gasteiger partial charge in [0.05, 0.1) is 20.8 Å². The maximum absolute atomic E-state index is 12.2. The maximum atomic E-state index is 12.2. The normalized spacial score (nSPS) is 18.6. The molecule has 1 N–H and O–H groups in total. The lowest BCUT2D eigenvalue weighted by Gasteiger charge is -2.18. The van der Waals surface area contributed by atoms with E-state index >= 15 is 0 Å². The van der Waals surface area contributed by atoms with Gasteiger partial charge in [-0.25, -0.2) is 0 Å². The van der Waals surface area contributed by atoms with E-state index in [-0.39, 0.29) is 6.61 Å². The van der Waals surface area contributed by atoms with Crippen molar-refractivity contribution < 1.29 is 23.0 Å².